The highest BCUT2D eigenvalue weighted by Gasteiger charge is 2.05. The molecule has 5 heteroatoms. The van der Waals surface area contributed by atoms with Crippen LogP contribution < -0.4 is 0 Å². The third-order valence-electron chi connectivity index (χ3n) is 2.72. The third-order valence-corrected chi connectivity index (χ3v) is 2.98. The number of aromatic nitrogens is 3. The number of hydrogen-bond donors (Lipinski definition) is 0. The van der Waals surface area contributed by atoms with E-state index in [0.717, 1.165) is 11.3 Å². The lowest BCUT2D eigenvalue weighted by atomic mass is 10.2. The van der Waals surface area contributed by atoms with Gasteiger partial charge in [-0.2, -0.15) is 0 Å². The number of nitrogens with zero attached hydrogens (tertiary/aromatic N) is 3. The molecule has 2 aromatic carbocycles. The van der Waals surface area contributed by atoms with Crippen molar-refractivity contribution in [1.82, 2.24) is 15.0 Å². The van der Waals surface area contributed by atoms with Gasteiger partial charge in [-0.05, 0) is 48.5 Å². The normalized spacial score (nSPS) is 10.6. The fourth-order valence-corrected chi connectivity index (χ4v) is 1.86. The van der Waals surface area contributed by atoms with Crippen LogP contribution in [-0.4, -0.2) is 15.0 Å². The maximum absolute atomic E-state index is 12.9. The number of rotatable bonds is 2. The first-order chi connectivity index (χ1) is 9.22. The standard InChI is InChI=1S/C14H9ClFN3/c15-11-3-7-13(8-4-11)19-9-14(17-18-19)10-1-5-12(16)6-2-10/h1-9H. The molecule has 19 heavy (non-hydrogen) atoms. The van der Waals surface area contributed by atoms with Crippen molar-refractivity contribution in [3.8, 4) is 16.9 Å². The molecule has 0 fully saturated rings. The lowest BCUT2D eigenvalue weighted by Gasteiger charge is -1.99. The molecule has 0 saturated heterocycles. The fourth-order valence-electron chi connectivity index (χ4n) is 1.74. The highest BCUT2D eigenvalue weighted by atomic mass is 35.5. The number of halogens is 2. The van der Waals surface area contributed by atoms with Crippen LogP contribution in [0.1, 0.15) is 0 Å². The maximum Gasteiger partial charge on any atom is 0.123 e. The Morgan fingerprint density at radius 2 is 1.63 bits per heavy atom. The summed E-state index contributed by atoms with van der Waals surface area (Å²) in [6.45, 7) is 0. The van der Waals surface area contributed by atoms with Crippen molar-refractivity contribution < 1.29 is 4.39 Å². The summed E-state index contributed by atoms with van der Waals surface area (Å²) in [4.78, 5) is 0. The molecule has 3 nitrogen and oxygen atoms in total. The lowest BCUT2D eigenvalue weighted by Crippen LogP contribution is -1.93. The monoisotopic (exact) mass is 273 g/mol. The Kier molecular flexibility index (Phi) is 3.01. The summed E-state index contributed by atoms with van der Waals surface area (Å²) < 4.78 is 14.5. The molecule has 0 aliphatic rings. The average molecular weight is 274 g/mol. The van der Waals surface area contributed by atoms with Gasteiger partial charge < -0.3 is 0 Å². The first kappa shape index (κ1) is 11.9. The quantitative estimate of drug-likeness (QED) is 0.712. The Hall–Kier alpha value is -2.20. The zero-order valence-corrected chi connectivity index (χ0v) is 10.5. The lowest BCUT2D eigenvalue weighted by molar-refractivity contribution is 0.628. The Balaban J connectivity index is 1.95. The van der Waals surface area contributed by atoms with E-state index in [1.807, 2.05) is 12.1 Å². The molecule has 1 aromatic heterocycles. The van der Waals surface area contributed by atoms with Crippen LogP contribution in [0.5, 0.6) is 0 Å². The van der Waals surface area contributed by atoms with Crippen LogP contribution in [0, 0.1) is 5.82 Å². The van der Waals surface area contributed by atoms with Gasteiger partial charge in [-0.25, -0.2) is 9.07 Å². The van der Waals surface area contributed by atoms with Crippen molar-refractivity contribution in [3.63, 3.8) is 0 Å². The molecule has 0 unspecified atom stereocenters. The summed E-state index contributed by atoms with van der Waals surface area (Å²) in [5, 5.41) is 8.79. The van der Waals surface area contributed by atoms with Gasteiger partial charge in [0, 0.05) is 10.6 Å². The van der Waals surface area contributed by atoms with Gasteiger partial charge in [0.2, 0.25) is 0 Å². The van der Waals surface area contributed by atoms with Crippen molar-refractivity contribution in [1.29, 1.82) is 0 Å². The molecule has 3 aromatic rings. The molecule has 3 rings (SSSR count). The predicted octanol–water partition coefficient (Wildman–Crippen LogP) is 3.73. The minimum Gasteiger partial charge on any atom is -0.220 e. The highest BCUT2D eigenvalue weighted by molar-refractivity contribution is 6.30. The largest absolute Gasteiger partial charge is 0.220 e. The molecule has 94 valence electrons. The summed E-state index contributed by atoms with van der Waals surface area (Å²) in [6.07, 6.45) is 1.79. The second-order valence-corrected chi connectivity index (χ2v) is 4.47. The zero-order chi connectivity index (χ0) is 13.2. The second kappa shape index (κ2) is 4.82. The van der Waals surface area contributed by atoms with Crippen LogP contribution >= 0.6 is 11.6 Å². The van der Waals surface area contributed by atoms with Crippen molar-refractivity contribution in [2.24, 2.45) is 0 Å². The summed E-state index contributed by atoms with van der Waals surface area (Å²) in [5.74, 6) is -0.270. The Morgan fingerprint density at radius 1 is 0.947 bits per heavy atom. The summed E-state index contributed by atoms with van der Waals surface area (Å²) in [6, 6.07) is 13.4. The van der Waals surface area contributed by atoms with Gasteiger partial charge >= 0.3 is 0 Å². The van der Waals surface area contributed by atoms with Gasteiger partial charge in [0.1, 0.15) is 11.5 Å². The summed E-state index contributed by atoms with van der Waals surface area (Å²) in [5.41, 5.74) is 2.38. The van der Waals surface area contributed by atoms with E-state index < -0.39 is 0 Å². The first-order valence-corrected chi connectivity index (χ1v) is 6.04. The summed E-state index contributed by atoms with van der Waals surface area (Å²) >= 11 is 5.83. The second-order valence-electron chi connectivity index (χ2n) is 4.03. The Morgan fingerprint density at radius 3 is 2.32 bits per heavy atom. The molecule has 0 aliphatic heterocycles. The van der Waals surface area contributed by atoms with Crippen LogP contribution in [-0.2, 0) is 0 Å². The minimum absolute atomic E-state index is 0.270. The SMILES string of the molecule is Fc1ccc(-c2cn(-c3ccc(Cl)cc3)nn2)cc1. The van der Waals surface area contributed by atoms with Gasteiger partial charge in [-0.1, -0.05) is 16.8 Å². The molecule has 0 amide bonds. The van der Waals surface area contributed by atoms with Crippen LogP contribution in [0.2, 0.25) is 5.02 Å². The molecule has 1 heterocycles. The van der Waals surface area contributed by atoms with E-state index in [-0.39, 0.29) is 5.82 Å². The van der Waals surface area contributed by atoms with Crippen molar-refractivity contribution in [3.05, 3.63) is 65.6 Å². The van der Waals surface area contributed by atoms with Crippen molar-refractivity contribution in [2.45, 2.75) is 0 Å². The van der Waals surface area contributed by atoms with Crippen molar-refractivity contribution >= 4 is 11.6 Å². The molecular weight excluding hydrogens is 265 g/mol. The smallest absolute Gasteiger partial charge is 0.123 e. The molecule has 0 radical (unpaired) electrons. The maximum atomic E-state index is 12.9. The zero-order valence-electron chi connectivity index (χ0n) is 9.79. The molecule has 0 N–H and O–H groups in total. The average Bonchev–Trinajstić information content (AvgIpc) is 2.90. The summed E-state index contributed by atoms with van der Waals surface area (Å²) in [7, 11) is 0. The van der Waals surface area contributed by atoms with E-state index in [9.17, 15) is 4.39 Å². The van der Waals surface area contributed by atoms with E-state index in [1.54, 1.807) is 35.1 Å². The molecule has 0 aliphatic carbocycles. The van der Waals surface area contributed by atoms with Crippen LogP contribution in [0.3, 0.4) is 0 Å². The Labute approximate surface area is 114 Å². The van der Waals surface area contributed by atoms with Crippen LogP contribution in [0.15, 0.2) is 54.7 Å². The van der Waals surface area contributed by atoms with Crippen molar-refractivity contribution in [2.75, 3.05) is 0 Å². The van der Waals surface area contributed by atoms with E-state index >= 15 is 0 Å². The van der Waals surface area contributed by atoms with Gasteiger partial charge in [0.25, 0.3) is 0 Å². The molecule has 0 saturated carbocycles. The van der Waals surface area contributed by atoms with Gasteiger partial charge in [0.05, 0.1) is 11.9 Å². The first-order valence-electron chi connectivity index (χ1n) is 5.66. The number of benzene rings is 2. The van der Waals surface area contributed by atoms with E-state index in [2.05, 4.69) is 10.3 Å². The van der Waals surface area contributed by atoms with Crippen LogP contribution in [0.4, 0.5) is 4.39 Å². The predicted molar refractivity (Wildman–Crippen MR) is 71.8 cm³/mol. The van der Waals surface area contributed by atoms with E-state index in [4.69, 9.17) is 11.6 Å². The number of hydrogen-bond acceptors (Lipinski definition) is 2. The van der Waals surface area contributed by atoms with E-state index in [0.29, 0.717) is 10.7 Å². The molecule has 0 spiro atoms. The molecule has 0 bridgehead atoms. The highest BCUT2D eigenvalue weighted by Crippen LogP contribution is 2.18. The topological polar surface area (TPSA) is 30.7 Å². The van der Waals surface area contributed by atoms with Gasteiger partial charge in [-0.3, -0.25) is 0 Å². The van der Waals surface area contributed by atoms with Gasteiger partial charge in [-0.15, -0.1) is 5.10 Å². The Bertz CT molecular complexity index is 629. The van der Waals surface area contributed by atoms with Gasteiger partial charge in [0.15, 0.2) is 0 Å². The van der Waals surface area contributed by atoms with E-state index in [1.165, 1.54) is 12.1 Å². The van der Waals surface area contributed by atoms with Crippen LogP contribution in [0.25, 0.3) is 16.9 Å². The minimum atomic E-state index is -0.270. The fraction of sp³-hybridized carbons (Fsp3) is 0. The molecule has 0 atom stereocenters. The molecular formula is C14H9ClFN3. The third kappa shape index (κ3) is 2.48.